The average Bonchev–Trinajstić information content (AvgIpc) is 2.40. The van der Waals surface area contributed by atoms with Gasteiger partial charge in [-0.3, -0.25) is 0 Å². The molecular weight excluding hydrogens is 224 g/mol. The fourth-order valence-corrected chi connectivity index (χ4v) is 1.78. The molecule has 0 amide bonds. The number of hydrogen-bond donors (Lipinski definition) is 2. The molecule has 0 saturated carbocycles. The highest BCUT2D eigenvalue weighted by Gasteiger charge is 2.08. The molecule has 4 nitrogen and oxygen atoms in total. The number of aromatic nitrogens is 1. The van der Waals surface area contributed by atoms with Crippen LogP contribution in [0, 0.1) is 11.3 Å². The Labute approximate surface area is 106 Å². The number of anilines is 2. The fraction of sp³-hybridized carbons (Fsp3) is 0.143. The monoisotopic (exact) mass is 238 g/mol. The van der Waals surface area contributed by atoms with Crippen LogP contribution in [0.15, 0.2) is 42.6 Å². The second-order valence-corrected chi connectivity index (χ2v) is 4.04. The third kappa shape index (κ3) is 2.58. The number of para-hydroxylation sites is 1. The summed E-state index contributed by atoms with van der Waals surface area (Å²) < 4.78 is 0. The lowest BCUT2D eigenvalue weighted by Gasteiger charge is -2.17. The van der Waals surface area contributed by atoms with Crippen LogP contribution in [0.5, 0.6) is 0 Å². The molecule has 3 N–H and O–H groups in total. The van der Waals surface area contributed by atoms with Crippen molar-refractivity contribution in [3.8, 4) is 6.07 Å². The summed E-state index contributed by atoms with van der Waals surface area (Å²) in [6.45, 7) is 2.03. The van der Waals surface area contributed by atoms with Gasteiger partial charge in [0.15, 0.2) is 0 Å². The Morgan fingerprint density at radius 1 is 1.28 bits per heavy atom. The zero-order valence-corrected chi connectivity index (χ0v) is 10.1. The Morgan fingerprint density at radius 2 is 2.06 bits per heavy atom. The first-order chi connectivity index (χ1) is 8.70. The van der Waals surface area contributed by atoms with Gasteiger partial charge in [-0.2, -0.15) is 5.26 Å². The smallest absolute Gasteiger partial charge is 0.140 e. The Morgan fingerprint density at radius 3 is 2.67 bits per heavy atom. The Kier molecular flexibility index (Phi) is 3.44. The molecule has 0 bridgehead atoms. The molecule has 90 valence electrons. The van der Waals surface area contributed by atoms with Crippen LogP contribution in [0.25, 0.3) is 0 Å². The van der Waals surface area contributed by atoms with Crippen LogP contribution >= 0.6 is 0 Å². The highest BCUT2D eigenvalue weighted by molar-refractivity contribution is 5.52. The van der Waals surface area contributed by atoms with E-state index >= 15 is 0 Å². The maximum Gasteiger partial charge on any atom is 0.140 e. The van der Waals surface area contributed by atoms with Crippen LogP contribution in [0.4, 0.5) is 11.4 Å². The van der Waals surface area contributed by atoms with Gasteiger partial charge >= 0.3 is 0 Å². The molecule has 2 rings (SSSR count). The molecule has 0 fully saturated rings. The lowest BCUT2D eigenvalue weighted by Crippen LogP contribution is -2.09. The number of nitrogens with two attached hydrogens (primary N) is 1. The van der Waals surface area contributed by atoms with Crippen molar-refractivity contribution in [3.05, 3.63) is 53.9 Å². The van der Waals surface area contributed by atoms with Gasteiger partial charge in [-0.05, 0) is 30.7 Å². The lowest BCUT2D eigenvalue weighted by molar-refractivity contribution is 0.886. The number of nitrogens with one attached hydrogen (secondary N) is 1. The van der Waals surface area contributed by atoms with E-state index in [1.807, 2.05) is 43.3 Å². The van der Waals surface area contributed by atoms with Crippen molar-refractivity contribution in [2.75, 3.05) is 11.1 Å². The molecule has 1 aromatic carbocycles. The maximum atomic E-state index is 8.68. The van der Waals surface area contributed by atoms with Crippen molar-refractivity contribution in [3.63, 3.8) is 0 Å². The lowest BCUT2D eigenvalue weighted by atomic mass is 10.1. The van der Waals surface area contributed by atoms with E-state index in [0.29, 0.717) is 5.69 Å². The van der Waals surface area contributed by atoms with Crippen molar-refractivity contribution in [1.82, 2.24) is 4.98 Å². The summed E-state index contributed by atoms with van der Waals surface area (Å²) >= 11 is 0. The van der Waals surface area contributed by atoms with Crippen LogP contribution in [-0.4, -0.2) is 4.98 Å². The zero-order chi connectivity index (χ0) is 13.0. The van der Waals surface area contributed by atoms with Gasteiger partial charge in [0.2, 0.25) is 0 Å². The van der Waals surface area contributed by atoms with Gasteiger partial charge in [0, 0.05) is 5.69 Å². The van der Waals surface area contributed by atoms with Gasteiger partial charge in [-0.1, -0.05) is 18.2 Å². The van der Waals surface area contributed by atoms with E-state index < -0.39 is 0 Å². The number of benzene rings is 1. The molecule has 1 atom stereocenters. The molecule has 0 aliphatic carbocycles. The van der Waals surface area contributed by atoms with Crippen LogP contribution in [0.2, 0.25) is 0 Å². The van der Waals surface area contributed by atoms with E-state index in [2.05, 4.69) is 10.3 Å². The van der Waals surface area contributed by atoms with Gasteiger partial charge in [0.05, 0.1) is 17.9 Å². The van der Waals surface area contributed by atoms with Crippen LogP contribution in [-0.2, 0) is 0 Å². The van der Waals surface area contributed by atoms with Gasteiger partial charge < -0.3 is 11.1 Å². The average molecular weight is 238 g/mol. The Hall–Kier alpha value is -2.54. The van der Waals surface area contributed by atoms with E-state index in [-0.39, 0.29) is 6.04 Å². The second-order valence-electron chi connectivity index (χ2n) is 4.04. The fourth-order valence-electron chi connectivity index (χ4n) is 1.78. The number of hydrogen-bond acceptors (Lipinski definition) is 4. The summed E-state index contributed by atoms with van der Waals surface area (Å²) in [5.41, 5.74) is 9.00. The number of nitrogens with zero attached hydrogens (tertiary/aromatic N) is 2. The summed E-state index contributed by atoms with van der Waals surface area (Å²) in [6, 6.07) is 13.3. The molecule has 4 heteroatoms. The number of pyridine rings is 1. The number of nitrogen functional groups attached to an aromatic ring is 1. The molecule has 0 saturated heterocycles. The molecule has 0 spiro atoms. The summed E-state index contributed by atoms with van der Waals surface area (Å²) in [7, 11) is 0. The maximum absolute atomic E-state index is 8.68. The van der Waals surface area contributed by atoms with Gasteiger partial charge in [0.1, 0.15) is 11.8 Å². The SMILES string of the molecule is CC(Nc1ccc(C#N)nc1)c1ccccc1N. The van der Waals surface area contributed by atoms with E-state index in [1.165, 1.54) is 0 Å². The van der Waals surface area contributed by atoms with Crippen molar-refractivity contribution in [2.24, 2.45) is 0 Å². The minimum atomic E-state index is 0.0842. The number of nitriles is 1. The molecule has 0 aliphatic heterocycles. The summed E-state index contributed by atoms with van der Waals surface area (Å²) in [4.78, 5) is 4.01. The summed E-state index contributed by atoms with van der Waals surface area (Å²) in [5.74, 6) is 0. The third-order valence-electron chi connectivity index (χ3n) is 2.72. The molecule has 0 radical (unpaired) electrons. The van der Waals surface area contributed by atoms with Crippen LogP contribution < -0.4 is 11.1 Å². The number of rotatable bonds is 3. The largest absolute Gasteiger partial charge is 0.398 e. The van der Waals surface area contributed by atoms with E-state index in [9.17, 15) is 0 Å². The molecule has 1 aromatic heterocycles. The molecule has 0 aliphatic rings. The summed E-state index contributed by atoms with van der Waals surface area (Å²) in [5, 5.41) is 12.0. The summed E-state index contributed by atoms with van der Waals surface area (Å²) in [6.07, 6.45) is 1.65. The molecule has 1 heterocycles. The van der Waals surface area contributed by atoms with Crippen molar-refractivity contribution in [1.29, 1.82) is 5.26 Å². The van der Waals surface area contributed by atoms with Gasteiger partial charge in [-0.15, -0.1) is 0 Å². The van der Waals surface area contributed by atoms with Crippen LogP contribution in [0.3, 0.4) is 0 Å². The predicted molar refractivity (Wildman–Crippen MR) is 71.8 cm³/mol. The Bertz CT molecular complexity index is 569. The van der Waals surface area contributed by atoms with E-state index in [1.54, 1.807) is 12.3 Å². The third-order valence-corrected chi connectivity index (χ3v) is 2.72. The normalized spacial score (nSPS) is 11.6. The highest BCUT2D eigenvalue weighted by atomic mass is 14.9. The quantitative estimate of drug-likeness (QED) is 0.806. The van der Waals surface area contributed by atoms with Gasteiger partial charge in [0.25, 0.3) is 0 Å². The zero-order valence-electron chi connectivity index (χ0n) is 10.1. The van der Waals surface area contributed by atoms with E-state index in [4.69, 9.17) is 11.0 Å². The first-order valence-corrected chi connectivity index (χ1v) is 5.68. The highest BCUT2D eigenvalue weighted by Crippen LogP contribution is 2.23. The van der Waals surface area contributed by atoms with Crippen molar-refractivity contribution in [2.45, 2.75) is 13.0 Å². The minimum Gasteiger partial charge on any atom is -0.398 e. The molecule has 18 heavy (non-hydrogen) atoms. The second kappa shape index (κ2) is 5.19. The van der Waals surface area contributed by atoms with Gasteiger partial charge in [-0.25, -0.2) is 4.98 Å². The first kappa shape index (κ1) is 11.9. The minimum absolute atomic E-state index is 0.0842. The van der Waals surface area contributed by atoms with Crippen LogP contribution in [0.1, 0.15) is 24.2 Å². The van der Waals surface area contributed by atoms with Crippen molar-refractivity contribution < 1.29 is 0 Å². The molecular formula is C14H14N4. The van der Waals surface area contributed by atoms with E-state index in [0.717, 1.165) is 16.9 Å². The first-order valence-electron chi connectivity index (χ1n) is 5.68. The standard InChI is InChI=1S/C14H14N4/c1-10(13-4-2-3-5-14(13)16)18-12-7-6-11(8-15)17-9-12/h2-7,9-10,18H,16H2,1H3. The molecule has 2 aromatic rings. The topological polar surface area (TPSA) is 74.7 Å². The van der Waals surface area contributed by atoms with Crippen molar-refractivity contribution >= 4 is 11.4 Å². The predicted octanol–water partition coefficient (Wildman–Crippen LogP) is 2.71. The molecule has 1 unspecified atom stereocenters. The Balaban J connectivity index is 2.14.